The summed E-state index contributed by atoms with van der Waals surface area (Å²) in [6.07, 6.45) is 1.84. The highest BCUT2D eigenvalue weighted by molar-refractivity contribution is 9.10. The fourth-order valence-corrected chi connectivity index (χ4v) is 3.08. The van der Waals surface area contributed by atoms with Crippen LogP contribution in [0.4, 0.5) is 10.3 Å². The van der Waals surface area contributed by atoms with E-state index in [1.807, 2.05) is 20.0 Å². The Hall–Kier alpha value is -1.11. The summed E-state index contributed by atoms with van der Waals surface area (Å²) in [6.45, 7) is 4.41. The van der Waals surface area contributed by atoms with E-state index in [1.165, 1.54) is 12.1 Å². The molecule has 1 heterocycles. The van der Waals surface area contributed by atoms with Gasteiger partial charge in [-0.05, 0) is 41.9 Å². The minimum atomic E-state index is -0.394. The summed E-state index contributed by atoms with van der Waals surface area (Å²) in [5.41, 5.74) is 1.47. The molecular weight excluding hydrogens is 361 g/mol. The predicted octanol–water partition coefficient (Wildman–Crippen LogP) is 4.18. The van der Waals surface area contributed by atoms with Crippen LogP contribution in [0.1, 0.15) is 12.6 Å². The summed E-state index contributed by atoms with van der Waals surface area (Å²) in [6, 6.07) is 2.73. The quantitative estimate of drug-likeness (QED) is 0.851. The molecule has 1 unspecified atom stereocenters. The summed E-state index contributed by atoms with van der Waals surface area (Å²) in [5, 5.41) is 3.56. The number of rotatable bonds is 5. The Balaban J connectivity index is 2.45. The SMILES string of the molecule is COCC(C)Nc1nc(C)cn1-c1c(Cl)cc(F)cc1Br. The van der Waals surface area contributed by atoms with Gasteiger partial charge in [0.15, 0.2) is 0 Å². The standard InChI is InChI=1S/C14H16BrClFN3O/c1-8-6-20(14(18-8)19-9(2)7-21-3)13-11(15)4-10(17)5-12(13)16/h4-6,9H,7H2,1-3H3,(H,18,19). The maximum atomic E-state index is 13.4. The third-order valence-electron chi connectivity index (χ3n) is 2.84. The van der Waals surface area contributed by atoms with Gasteiger partial charge in [-0.15, -0.1) is 0 Å². The number of nitrogens with zero attached hydrogens (tertiary/aromatic N) is 2. The molecule has 1 atom stereocenters. The normalized spacial score (nSPS) is 12.5. The first-order valence-electron chi connectivity index (χ1n) is 6.38. The second kappa shape index (κ2) is 6.77. The first kappa shape index (κ1) is 16.3. The molecule has 2 aromatic rings. The van der Waals surface area contributed by atoms with Gasteiger partial charge in [0.1, 0.15) is 5.82 Å². The number of imidazole rings is 1. The number of methoxy groups -OCH3 is 1. The molecule has 1 N–H and O–H groups in total. The molecule has 0 bridgehead atoms. The van der Waals surface area contributed by atoms with Crippen LogP contribution < -0.4 is 5.32 Å². The van der Waals surface area contributed by atoms with Crippen molar-refractivity contribution in [2.24, 2.45) is 0 Å². The van der Waals surface area contributed by atoms with Crippen LogP contribution in [-0.4, -0.2) is 29.3 Å². The lowest BCUT2D eigenvalue weighted by molar-refractivity contribution is 0.190. The zero-order valence-electron chi connectivity index (χ0n) is 12.0. The zero-order chi connectivity index (χ0) is 15.6. The molecule has 0 aliphatic heterocycles. The van der Waals surface area contributed by atoms with Crippen LogP contribution in [0.15, 0.2) is 22.8 Å². The average molecular weight is 377 g/mol. The van der Waals surface area contributed by atoms with E-state index in [-0.39, 0.29) is 6.04 Å². The van der Waals surface area contributed by atoms with Crippen LogP contribution in [0, 0.1) is 12.7 Å². The van der Waals surface area contributed by atoms with Crippen molar-refractivity contribution in [1.29, 1.82) is 0 Å². The summed E-state index contributed by atoms with van der Waals surface area (Å²) < 4.78 is 20.8. The number of aryl methyl sites for hydroxylation is 1. The molecule has 7 heteroatoms. The van der Waals surface area contributed by atoms with Crippen LogP contribution in [0.5, 0.6) is 0 Å². The lowest BCUT2D eigenvalue weighted by Crippen LogP contribution is -2.23. The van der Waals surface area contributed by atoms with E-state index in [2.05, 4.69) is 26.2 Å². The first-order valence-corrected chi connectivity index (χ1v) is 7.56. The summed E-state index contributed by atoms with van der Waals surface area (Å²) >= 11 is 9.53. The van der Waals surface area contributed by atoms with E-state index in [1.54, 1.807) is 11.7 Å². The smallest absolute Gasteiger partial charge is 0.208 e. The fraction of sp³-hybridized carbons (Fsp3) is 0.357. The van der Waals surface area contributed by atoms with Crippen molar-refractivity contribution in [2.75, 3.05) is 19.0 Å². The molecular formula is C14H16BrClFN3O. The van der Waals surface area contributed by atoms with Gasteiger partial charge in [-0.1, -0.05) is 11.6 Å². The highest BCUT2D eigenvalue weighted by Gasteiger charge is 2.16. The van der Waals surface area contributed by atoms with Gasteiger partial charge in [-0.25, -0.2) is 9.37 Å². The second-order valence-electron chi connectivity index (χ2n) is 4.79. The van der Waals surface area contributed by atoms with Gasteiger partial charge in [0.25, 0.3) is 0 Å². The number of hydrogen-bond acceptors (Lipinski definition) is 3. The largest absolute Gasteiger partial charge is 0.383 e. The van der Waals surface area contributed by atoms with Crippen molar-refractivity contribution in [3.05, 3.63) is 39.3 Å². The molecule has 0 spiro atoms. The molecule has 0 aliphatic rings. The Bertz CT molecular complexity index is 624. The number of benzene rings is 1. The summed E-state index contributed by atoms with van der Waals surface area (Å²) in [7, 11) is 1.64. The minimum Gasteiger partial charge on any atom is -0.383 e. The Kier molecular flexibility index (Phi) is 5.24. The summed E-state index contributed by atoms with van der Waals surface area (Å²) in [4.78, 5) is 4.44. The molecule has 1 aromatic carbocycles. The number of ether oxygens (including phenoxy) is 1. The molecule has 0 saturated carbocycles. The van der Waals surface area contributed by atoms with E-state index in [0.717, 1.165) is 5.69 Å². The molecule has 4 nitrogen and oxygen atoms in total. The highest BCUT2D eigenvalue weighted by Crippen LogP contribution is 2.32. The number of nitrogens with one attached hydrogen (secondary N) is 1. The lowest BCUT2D eigenvalue weighted by Gasteiger charge is -2.16. The topological polar surface area (TPSA) is 39.1 Å². The Morgan fingerprint density at radius 3 is 2.86 bits per heavy atom. The number of hydrogen-bond donors (Lipinski definition) is 1. The van der Waals surface area contributed by atoms with Crippen LogP contribution >= 0.6 is 27.5 Å². The van der Waals surface area contributed by atoms with Crippen molar-refractivity contribution in [3.63, 3.8) is 0 Å². The maximum Gasteiger partial charge on any atom is 0.208 e. The van der Waals surface area contributed by atoms with Gasteiger partial charge in [-0.3, -0.25) is 4.57 Å². The number of aromatic nitrogens is 2. The van der Waals surface area contributed by atoms with Gasteiger partial charge in [-0.2, -0.15) is 0 Å². The van der Waals surface area contributed by atoms with Crippen molar-refractivity contribution in [3.8, 4) is 5.69 Å². The van der Waals surface area contributed by atoms with Crippen LogP contribution in [-0.2, 0) is 4.74 Å². The van der Waals surface area contributed by atoms with Gasteiger partial charge in [0.2, 0.25) is 5.95 Å². The molecule has 0 saturated heterocycles. The van der Waals surface area contributed by atoms with Crippen molar-refractivity contribution in [2.45, 2.75) is 19.9 Å². The molecule has 0 fully saturated rings. The Morgan fingerprint density at radius 1 is 1.52 bits per heavy atom. The minimum absolute atomic E-state index is 0.0774. The molecule has 1 aromatic heterocycles. The van der Waals surface area contributed by atoms with E-state index in [0.29, 0.717) is 27.7 Å². The molecule has 0 aliphatic carbocycles. The van der Waals surface area contributed by atoms with E-state index >= 15 is 0 Å². The second-order valence-corrected chi connectivity index (χ2v) is 6.06. The zero-order valence-corrected chi connectivity index (χ0v) is 14.3. The molecule has 0 radical (unpaired) electrons. The van der Waals surface area contributed by atoms with Crippen LogP contribution in [0.3, 0.4) is 0 Å². The third-order valence-corrected chi connectivity index (χ3v) is 3.73. The summed E-state index contributed by atoms with van der Waals surface area (Å²) in [5.74, 6) is 0.237. The van der Waals surface area contributed by atoms with Gasteiger partial charge in [0.05, 0.1) is 23.0 Å². The number of anilines is 1. The maximum absolute atomic E-state index is 13.4. The van der Waals surface area contributed by atoms with Crippen LogP contribution in [0.25, 0.3) is 5.69 Å². The predicted molar refractivity (Wildman–Crippen MR) is 85.9 cm³/mol. The van der Waals surface area contributed by atoms with E-state index < -0.39 is 5.82 Å². The average Bonchev–Trinajstić information content (AvgIpc) is 2.69. The van der Waals surface area contributed by atoms with Gasteiger partial charge < -0.3 is 10.1 Å². The van der Waals surface area contributed by atoms with Crippen LogP contribution in [0.2, 0.25) is 5.02 Å². The Labute approximate surface area is 136 Å². The fourth-order valence-electron chi connectivity index (χ4n) is 2.05. The molecule has 2 rings (SSSR count). The Morgan fingerprint density at radius 2 is 2.24 bits per heavy atom. The monoisotopic (exact) mass is 375 g/mol. The van der Waals surface area contributed by atoms with E-state index in [4.69, 9.17) is 16.3 Å². The van der Waals surface area contributed by atoms with Crippen molar-refractivity contribution < 1.29 is 9.13 Å². The molecule has 21 heavy (non-hydrogen) atoms. The molecule has 0 amide bonds. The third kappa shape index (κ3) is 3.75. The highest BCUT2D eigenvalue weighted by atomic mass is 79.9. The van der Waals surface area contributed by atoms with Gasteiger partial charge >= 0.3 is 0 Å². The van der Waals surface area contributed by atoms with Crippen molar-refractivity contribution in [1.82, 2.24) is 9.55 Å². The van der Waals surface area contributed by atoms with Crippen molar-refractivity contribution >= 4 is 33.5 Å². The van der Waals surface area contributed by atoms with E-state index in [9.17, 15) is 4.39 Å². The lowest BCUT2D eigenvalue weighted by atomic mass is 10.3. The van der Waals surface area contributed by atoms with Gasteiger partial charge in [0, 0.05) is 23.8 Å². The first-order chi connectivity index (χ1) is 9.92. The number of halogens is 3. The molecule has 114 valence electrons.